The minimum absolute atomic E-state index is 0. The number of methoxy groups -OCH3 is 1. The molecule has 0 unspecified atom stereocenters. The smallest absolute Gasteiger partial charge is 0.339 e. The van der Waals surface area contributed by atoms with Crippen molar-refractivity contribution in [2.75, 3.05) is 38.2 Å². The van der Waals surface area contributed by atoms with E-state index in [-0.39, 0.29) is 30.4 Å². The molecule has 2 aliphatic heterocycles. The zero-order chi connectivity index (χ0) is 25.2. The van der Waals surface area contributed by atoms with Gasteiger partial charge in [-0.3, -0.25) is 9.69 Å². The Balaban J connectivity index is 0.00000320. The van der Waals surface area contributed by atoms with Crippen molar-refractivity contribution in [3.05, 3.63) is 71.7 Å². The SMILES string of the molecule is COC(=O)c1ccc(N2C[C@@H](C)N(CC(=O)N3CCc4nn(-c5ccccc5)cc4C3)[C@@H](C)C2)nc1.Cl. The fourth-order valence-corrected chi connectivity index (χ4v) is 5.16. The first-order valence-corrected chi connectivity index (χ1v) is 12.4. The zero-order valence-electron chi connectivity index (χ0n) is 21.4. The third-order valence-electron chi connectivity index (χ3n) is 7.14. The summed E-state index contributed by atoms with van der Waals surface area (Å²) >= 11 is 0. The number of amides is 1. The number of carbonyl (C=O) groups excluding carboxylic acids is 2. The Morgan fingerprint density at radius 2 is 1.78 bits per heavy atom. The highest BCUT2D eigenvalue weighted by Gasteiger charge is 2.33. The molecule has 0 spiro atoms. The van der Waals surface area contributed by atoms with Gasteiger partial charge in [-0.2, -0.15) is 5.10 Å². The predicted molar refractivity (Wildman–Crippen MR) is 143 cm³/mol. The van der Waals surface area contributed by atoms with E-state index in [1.165, 1.54) is 7.11 Å². The van der Waals surface area contributed by atoms with Crippen molar-refractivity contribution >= 4 is 30.1 Å². The van der Waals surface area contributed by atoms with Crippen molar-refractivity contribution in [1.82, 2.24) is 24.6 Å². The maximum Gasteiger partial charge on any atom is 0.339 e. The average Bonchev–Trinajstić information content (AvgIpc) is 3.34. The minimum Gasteiger partial charge on any atom is -0.465 e. The van der Waals surface area contributed by atoms with Crippen molar-refractivity contribution in [1.29, 1.82) is 0 Å². The molecule has 196 valence electrons. The minimum atomic E-state index is -0.392. The van der Waals surface area contributed by atoms with Gasteiger partial charge >= 0.3 is 5.97 Å². The van der Waals surface area contributed by atoms with Crippen molar-refractivity contribution in [3.63, 3.8) is 0 Å². The van der Waals surface area contributed by atoms with Gasteiger partial charge in [0.15, 0.2) is 0 Å². The van der Waals surface area contributed by atoms with Crippen molar-refractivity contribution in [2.45, 2.75) is 38.9 Å². The molecule has 0 N–H and O–H groups in total. The van der Waals surface area contributed by atoms with Gasteiger partial charge in [0, 0.05) is 62.6 Å². The summed E-state index contributed by atoms with van der Waals surface area (Å²) in [6, 6.07) is 14.0. The van der Waals surface area contributed by atoms with Crippen LogP contribution in [0.2, 0.25) is 0 Å². The van der Waals surface area contributed by atoms with Gasteiger partial charge in [-0.15, -0.1) is 12.4 Å². The summed E-state index contributed by atoms with van der Waals surface area (Å²) < 4.78 is 6.67. The zero-order valence-corrected chi connectivity index (χ0v) is 22.2. The molecule has 4 heterocycles. The molecule has 1 amide bonds. The number of benzene rings is 1. The normalized spacial score (nSPS) is 19.6. The summed E-state index contributed by atoms with van der Waals surface area (Å²) in [5.74, 6) is 0.587. The quantitative estimate of drug-likeness (QED) is 0.474. The molecule has 0 radical (unpaired) electrons. The molecule has 2 aliphatic rings. The molecule has 9 nitrogen and oxygen atoms in total. The number of carbonyl (C=O) groups is 2. The second-order valence-corrected chi connectivity index (χ2v) is 9.62. The number of piperazine rings is 1. The molecule has 10 heteroatoms. The number of halogens is 1. The molecule has 37 heavy (non-hydrogen) atoms. The largest absolute Gasteiger partial charge is 0.465 e. The molecule has 0 aliphatic carbocycles. The number of nitrogens with zero attached hydrogens (tertiary/aromatic N) is 6. The van der Waals surface area contributed by atoms with Gasteiger partial charge in [-0.25, -0.2) is 14.5 Å². The maximum absolute atomic E-state index is 13.3. The highest BCUT2D eigenvalue weighted by molar-refractivity contribution is 5.89. The summed E-state index contributed by atoms with van der Waals surface area (Å²) in [5, 5.41) is 4.74. The highest BCUT2D eigenvalue weighted by atomic mass is 35.5. The molecule has 2 aromatic heterocycles. The Hall–Kier alpha value is -3.43. The van der Waals surface area contributed by atoms with Gasteiger partial charge in [-0.1, -0.05) is 18.2 Å². The summed E-state index contributed by atoms with van der Waals surface area (Å²) in [4.78, 5) is 35.9. The van der Waals surface area contributed by atoms with Crippen LogP contribution in [0, 0.1) is 0 Å². The molecular formula is C27H33ClN6O3. The number of aromatic nitrogens is 3. The van der Waals surface area contributed by atoms with Crippen LogP contribution < -0.4 is 4.90 Å². The number of esters is 1. The number of hydrogen-bond acceptors (Lipinski definition) is 7. The number of anilines is 1. The standard InChI is InChI=1S/C27H32N6O3.ClH/c1-19-14-31(25-10-9-21(13-28-25)27(35)36-3)15-20(2)32(19)18-26(34)30-12-11-24-22(16-30)17-33(29-24)23-7-5-4-6-8-23;/h4-10,13,17,19-20H,11-12,14-16,18H2,1-3H3;1H/t19-,20+;. The number of para-hydroxylation sites is 1. The number of ether oxygens (including phenoxy) is 1. The number of fused-ring (bicyclic) bond motifs is 1. The average molecular weight is 525 g/mol. The van der Waals surface area contributed by atoms with Crippen LogP contribution in [0.15, 0.2) is 54.9 Å². The summed E-state index contributed by atoms with van der Waals surface area (Å²) in [7, 11) is 1.36. The van der Waals surface area contributed by atoms with Crippen LogP contribution in [-0.4, -0.2) is 81.8 Å². The molecule has 3 aromatic rings. The van der Waals surface area contributed by atoms with Crippen molar-refractivity contribution in [3.8, 4) is 5.69 Å². The van der Waals surface area contributed by atoms with E-state index in [9.17, 15) is 9.59 Å². The fourth-order valence-electron chi connectivity index (χ4n) is 5.16. The van der Waals surface area contributed by atoms with Gasteiger partial charge in [0.2, 0.25) is 5.91 Å². The van der Waals surface area contributed by atoms with Gasteiger partial charge in [0.1, 0.15) is 5.82 Å². The lowest BCUT2D eigenvalue weighted by Crippen LogP contribution is -2.59. The Bertz CT molecular complexity index is 1220. The van der Waals surface area contributed by atoms with Crippen LogP contribution >= 0.6 is 12.4 Å². The molecular weight excluding hydrogens is 492 g/mol. The monoisotopic (exact) mass is 524 g/mol. The summed E-state index contributed by atoms with van der Waals surface area (Å²) in [5.41, 5.74) is 3.65. The van der Waals surface area contributed by atoms with Crippen LogP contribution in [0.1, 0.15) is 35.5 Å². The molecule has 1 aromatic carbocycles. The first-order valence-electron chi connectivity index (χ1n) is 12.4. The lowest BCUT2D eigenvalue weighted by Gasteiger charge is -2.45. The van der Waals surface area contributed by atoms with E-state index in [2.05, 4.69) is 28.6 Å². The Morgan fingerprint density at radius 3 is 2.43 bits per heavy atom. The van der Waals surface area contributed by atoms with Gasteiger partial charge < -0.3 is 14.5 Å². The second kappa shape index (κ2) is 11.3. The van der Waals surface area contributed by atoms with Gasteiger partial charge in [-0.05, 0) is 38.1 Å². The molecule has 1 fully saturated rings. The maximum atomic E-state index is 13.3. The van der Waals surface area contributed by atoms with E-state index < -0.39 is 5.97 Å². The Labute approximate surface area is 223 Å². The van der Waals surface area contributed by atoms with Crippen LogP contribution in [0.4, 0.5) is 5.82 Å². The van der Waals surface area contributed by atoms with Crippen LogP contribution in [-0.2, 0) is 22.5 Å². The fraction of sp³-hybridized carbons (Fsp3) is 0.407. The molecule has 5 rings (SSSR count). The Morgan fingerprint density at radius 1 is 1.05 bits per heavy atom. The second-order valence-electron chi connectivity index (χ2n) is 9.62. The van der Waals surface area contributed by atoms with Crippen molar-refractivity contribution < 1.29 is 14.3 Å². The summed E-state index contributed by atoms with van der Waals surface area (Å²) in [6.07, 6.45) is 4.37. The van der Waals surface area contributed by atoms with E-state index in [1.807, 2.05) is 52.2 Å². The van der Waals surface area contributed by atoms with Crippen LogP contribution in [0.25, 0.3) is 5.69 Å². The van der Waals surface area contributed by atoms with E-state index in [0.29, 0.717) is 25.2 Å². The van der Waals surface area contributed by atoms with E-state index in [1.54, 1.807) is 12.3 Å². The van der Waals surface area contributed by atoms with E-state index in [0.717, 1.165) is 42.3 Å². The number of rotatable bonds is 5. The molecule has 0 saturated carbocycles. The number of hydrogen-bond donors (Lipinski definition) is 0. The molecule has 0 bridgehead atoms. The van der Waals surface area contributed by atoms with Gasteiger partial charge in [0.05, 0.1) is 30.6 Å². The third-order valence-corrected chi connectivity index (χ3v) is 7.14. The topological polar surface area (TPSA) is 83.8 Å². The molecule has 2 atom stereocenters. The lowest BCUT2D eigenvalue weighted by molar-refractivity contribution is -0.134. The van der Waals surface area contributed by atoms with Crippen LogP contribution in [0.5, 0.6) is 0 Å². The third kappa shape index (κ3) is 5.62. The Kier molecular flexibility index (Phi) is 8.14. The first-order chi connectivity index (χ1) is 17.4. The highest BCUT2D eigenvalue weighted by Crippen LogP contribution is 2.23. The summed E-state index contributed by atoms with van der Waals surface area (Å²) in [6.45, 7) is 7.50. The first kappa shape index (κ1) is 26.6. The lowest BCUT2D eigenvalue weighted by atomic mass is 10.1. The van der Waals surface area contributed by atoms with E-state index in [4.69, 9.17) is 9.84 Å². The predicted octanol–water partition coefficient (Wildman–Crippen LogP) is 2.96. The van der Waals surface area contributed by atoms with E-state index >= 15 is 0 Å². The van der Waals surface area contributed by atoms with Crippen molar-refractivity contribution in [2.24, 2.45) is 0 Å². The van der Waals surface area contributed by atoms with Crippen LogP contribution in [0.3, 0.4) is 0 Å². The number of pyridine rings is 1. The molecule has 1 saturated heterocycles. The van der Waals surface area contributed by atoms with Gasteiger partial charge in [0.25, 0.3) is 0 Å².